The number of piperazine rings is 1. The number of esters is 1. The van der Waals surface area contributed by atoms with Crippen molar-refractivity contribution in [1.29, 1.82) is 0 Å². The standard InChI is InChI=1S/C14H14N2O5/c1-2-21-14(20)11(17)9-5-3-4-6-10(9)16-8-7-15-12(18)13(16)19/h3-6H,2,7-8H2,1H3,(H,15,18). The summed E-state index contributed by atoms with van der Waals surface area (Å²) in [6.07, 6.45) is 0. The molecule has 0 spiro atoms. The monoisotopic (exact) mass is 290 g/mol. The second-order valence-electron chi connectivity index (χ2n) is 4.28. The van der Waals surface area contributed by atoms with Gasteiger partial charge in [0.1, 0.15) is 0 Å². The minimum Gasteiger partial charge on any atom is -0.460 e. The predicted molar refractivity (Wildman–Crippen MR) is 72.8 cm³/mol. The molecular formula is C14H14N2O5. The van der Waals surface area contributed by atoms with Gasteiger partial charge in [-0.1, -0.05) is 12.1 Å². The quantitative estimate of drug-likeness (QED) is 0.474. The number of carbonyl (C=O) groups is 4. The third-order valence-corrected chi connectivity index (χ3v) is 2.96. The largest absolute Gasteiger partial charge is 0.460 e. The van der Waals surface area contributed by atoms with Gasteiger partial charge in [0.05, 0.1) is 17.9 Å². The van der Waals surface area contributed by atoms with E-state index in [1.807, 2.05) is 0 Å². The summed E-state index contributed by atoms with van der Waals surface area (Å²) < 4.78 is 4.68. The Bertz CT molecular complexity index is 611. The van der Waals surface area contributed by atoms with Crippen LogP contribution in [0.3, 0.4) is 0 Å². The van der Waals surface area contributed by atoms with Gasteiger partial charge in [-0.15, -0.1) is 0 Å². The van der Waals surface area contributed by atoms with E-state index < -0.39 is 23.6 Å². The van der Waals surface area contributed by atoms with E-state index >= 15 is 0 Å². The summed E-state index contributed by atoms with van der Waals surface area (Å²) in [5.74, 6) is -3.32. The van der Waals surface area contributed by atoms with Crippen molar-refractivity contribution in [2.45, 2.75) is 6.92 Å². The first-order valence-corrected chi connectivity index (χ1v) is 6.46. The average Bonchev–Trinajstić information content (AvgIpc) is 2.49. The zero-order valence-corrected chi connectivity index (χ0v) is 11.4. The molecule has 2 amide bonds. The van der Waals surface area contributed by atoms with Crippen molar-refractivity contribution in [1.82, 2.24) is 5.32 Å². The number of ether oxygens (including phenoxy) is 1. The number of hydrogen-bond acceptors (Lipinski definition) is 5. The molecule has 1 saturated heterocycles. The van der Waals surface area contributed by atoms with Crippen LogP contribution in [0.1, 0.15) is 17.3 Å². The number of ketones is 1. The molecule has 110 valence electrons. The lowest BCUT2D eigenvalue weighted by Gasteiger charge is -2.27. The molecule has 0 unspecified atom stereocenters. The van der Waals surface area contributed by atoms with Gasteiger partial charge in [-0.2, -0.15) is 0 Å². The number of carbonyl (C=O) groups excluding carboxylic acids is 4. The molecule has 1 fully saturated rings. The van der Waals surface area contributed by atoms with Gasteiger partial charge in [0.2, 0.25) is 0 Å². The lowest BCUT2D eigenvalue weighted by molar-refractivity contribution is -0.138. The van der Waals surface area contributed by atoms with E-state index in [1.54, 1.807) is 19.1 Å². The number of hydrogen-bond donors (Lipinski definition) is 1. The summed E-state index contributed by atoms with van der Waals surface area (Å²) in [5.41, 5.74) is 0.273. The first-order chi connectivity index (χ1) is 10.1. The number of nitrogens with one attached hydrogen (secondary N) is 1. The van der Waals surface area contributed by atoms with Gasteiger partial charge in [0, 0.05) is 13.1 Å². The Kier molecular flexibility index (Phi) is 4.32. The molecule has 1 aliphatic heterocycles. The fourth-order valence-corrected chi connectivity index (χ4v) is 2.02. The van der Waals surface area contributed by atoms with Crippen LogP contribution in [0.25, 0.3) is 0 Å². The molecule has 1 aliphatic rings. The van der Waals surface area contributed by atoms with Crippen LogP contribution in [-0.4, -0.2) is 43.3 Å². The van der Waals surface area contributed by atoms with E-state index in [1.165, 1.54) is 17.0 Å². The maximum absolute atomic E-state index is 12.1. The van der Waals surface area contributed by atoms with E-state index in [0.29, 0.717) is 0 Å². The van der Waals surface area contributed by atoms with Crippen LogP contribution >= 0.6 is 0 Å². The van der Waals surface area contributed by atoms with Gasteiger partial charge in [0.25, 0.3) is 5.78 Å². The Morgan fingerprint density at radius 1 is 1.29 bits per heavy atom. The molecule has 7 nitrogen and oxygen atoms in total. The highest BCUT2D eigenvalue weighted by Crippen LogP contribution is 2.22. The summed E-state index contributed by atoms with van der Waals surface area (Å²) in [6.45, 7) is 2.19. The molecule has 0 aromatic heterocycles. The Balaban J connectivity index is 2.37. The molecule has 21 heavy (non-hydrogen) atoms. The average molecular weight is 290 g/mol. The molecule has 0 radical (unpaired) electrons. The lowest BCUT2D eigenvalue weighted by Crippen LogP contribution is -2.52. The van der Waals surface area contributed by atoms with E-state index in [0.717, 1.165) is 0 Å². The van der Waals surface area contributed by atoms with Crippen LogP contribution in [0.4, 0.5) is 5.69 Å². The lowest BCUT2D eigenvalue weighted by atomic mass is 10.1. The molecule has 0 bridgehead atoms. The Morgan fingerprint density at radius 3 is 2.71 bits per heavy atom. The van der Waals surface area contributed by atoms with Crippen molar-refractivity contribution in [3.63, 3.8) is 0 Å². The summed E-state index contributed by atoms with van der Waals surface area (Å²) in [4.78, 5) is 48.1. The van der Waals surface area contributed by atoms with E-state index in [-0.39, 0.29) is 30.9 Å². The Morgan fingerprint density at radius 2 is 2.00 bits per heavy atom. The summed E-state index contributed by atoms with van der Waals surface area (Å²) in [6, 6.07) is 6.14. The van der Waals surface area contributed by atoms with Crippen LogP contribution < -0.4 is 10.2 Å². The third kappa shape index (κ3) is 2.91. The topological polar surface area (TPSA) is 92.8 Å². The molecule has 1 aromatic carbocycles. The van der Waals surface area contributed by atoms with Gasteiger partial charge in [-0.25, -0.2) is 4.79 Å². The van der Waals surface area contributed by atoms with Crippen molar-refractivity contribution < 1.29 is 23.9 Å². The highest BCUT2D eigenvalue weighted by molar-refractivity contribution is 6.44. The normalized spacial score (nSPS) is 14.6. The van der Waals surface area contributed by atoms with Crippen molar-refractivity contribution in [2.24, 2.45) is 0 Å². The van der Waals surface area contributed by atoms with Crippen molar-refractivity contribution in [2.75, 3.05) is 24.6 Å². The van der Waals surface area contributed by atoms with Gasteiger partial charge in [-0.05, 0) is 19.1 Å². The highest BCUT2D eigenvalue weighted by atomic mass is 16.5. The first kappa shape index (κ1) is 14.7. The zero-order chi connectivity index (χ0) is 15.4. The van der Waals surface area contributed by atoms with Gasteiger partial charge < -0.3 is 15.0 Å². The minimum atomic E-state index is -0.987. The molecule has 1 aromatic rings. The highest BCUT2D eigenvalue weighted by Gasteiger charge is 2.31. The molecule has 0 atom stereocenters. The van der Waals surface area contributed by atoms with Crippen molar-refractivity contribution in [3.05, 3.63) is 29.8 Å². The molecule has 7 heteroatoms. The fraction of sp³-hybridized carbons (Fsp3) is 0.286. The summed E-state index contributed by atoms with van der Waals surface area (Å²) >= 11 is 0. The number of para-hydroxylation sites is 1. The maximum Gasteiger partial charge on any atom is 0.379 e. The van der Waals surface area contributed by atoms with Crippen LogP contribution in [0.15, 0.2) is 24.3 Å². The molecule has 2 rings (SSSR count). The predicted octanol–water partition coefficient (Wildman–Crippen LogP) is -0.105. The van der Waals surface area contributed by atoms with E-state index in [4.69, 9.17) is 0 Å². The summed E-state index contributed by atoms with van der Waals surface area (Å²) in [7, 11) is 0. The van der Waals surface area contributed by atoms with Gasteiger partial charge in [-0.3, -0.25) is 14.4 Å². The van der Waals surface area contributed by atoms with E-state index in [9.17, 15) is 19.2 Å². The van der Waals surface area contributed by atoms with E-state index in [2.05, 4.69) is 10.1 Å². The minimum absolute atomic E-state index is 0.0407. The molecule has 0 saturated carbocycles. The molecular weight excluding hydrogens is 276 g/mol. The number of Topliss-reactive ketones (excluding diaryl/α,β-unsaturated/α-hetero) is 1. The number of amides is 2. The smallest absolute Gasteiger partial charge is 0.379 e. The Hall–Kier alpha value is -2.70. The number of benzene rings is 1. The molecule has 1 N–H and O–H groups in total. The van der Waals surface area contributed by atoms with Gasteiger partial charge in [0.15, 0.2) is 0 Å². The fourth-order valence-electron chi connectivity index (χ4n) is 2.02. The third-order valence-electron chi connectivity index (χ3n) is 2.96. The first-order valence-electron chi connectivity index (χ1n) is 6.46. The van der Waals surface area contributed by atoms with Crippen LogP contribution in [0, 0.1) is 0 Å². The molecule has 1 heterocycles. The summed E-state index contributed by atoms with van der Waals surface area (Å²) in [5, 5.41) is 2.42. The number of anilines is 1. The zero-order valence-electron chi connectivity index (χ0n) is 11.4. The maximum atomic E-state index is 12.1. The Labute approximate surface area is 120 Å². The van der Waals surface area contributed by atoms with Crippen LogP contribution in [0.2, 0.25) is 0 Å². The SMILES string of the molecule is CCOC(=O)C(=O)c1ccccc1N1CCNC(=O)C1=O. The van der Waals surface area contributed by atoms with Crippen molar-refractivity contribution >= 4 is 29.3 Å². The second kappa shape index (κ2) is 6.17. The number of rotatable bonds is 4. The second-order valence-corrected chi connectivity index (χ2v) is 4.28. The number of nitrogens with zero attached hydrogens (tertiary/aromatic N) is 1. The van der Waals surface area contributed by atoms with Crippen LogP contribution in [0.5, 0.6) is 0 Å². The van der Waals surface area contributed by atoms with Gasteiger partial charge >= 0.3 is 17.8 Å². The van der Waals surface area contributed by atoms with Crippen LogP contribution in [-0.2, 0) is 19.1 Å². The molecule has 0 aliphatic carbocycles. The van der Waals surface area contributed by atoms with Crippen molar-refractivity contribution in [3.8, 4) is 0 Å².